The Hall–Kier alpha value is -0.301. The van der Waals surface area contributed by atoms with E-state index in [2.05, 4.69) is 27.0 Å². The summed E-state index contributed by atoms with van der Waals surface area (Å²) in [5.41, 5.74) is -0.489. The first-order valence-electron chi connectivity index (χ1n) is 11.2. The zero-order valence-corrected chi connectivity index (χ0v) is 22.9. The molecule has 0 radical (unpaired) electrons. The van der Waals surface area contributed by atoms with Crippen molar-refractivity contribution in [1.82, 2.24) is 4.98 Å². The van der Waals surface area contributed by atoms with Gasteiger partial charge in [0.1, 0.15) is 0 Å². The van der Waals surface area contributed by atoms with E-state index in [-0.39, 0.29) is 6.09 Å². The summed E-state index contributed by atoms with van der Waals surface area (Å²) in [6.45, 7) is 15.2. The normalized spacial score (nSPS) is 12.2. The van der Waals surface area contributed by atoms with E-state index in [9.17, 15) is 4.79 Å². The predicted molar refractivity (Wildman–Crippen MR) is 126 cm³/mol. The van der Waals surface area contributed by atoms with Gasteiger partial charge in [0.05, 0.1) is 0 Å². The topological polar surface area (TPSA) is 42.4 Å². The molecule has 6 heteroatoms. The van der Waals surface area contributed by atoms with Crippen molar-refractivity contribution in [3.8, 4) is 0 Å². The van der Waals surface area contributed by atoms with Gasteiger partial charge in [-0.15, -0.1) is 0 Å². The fraction of sp³-hybridized carbons (Fsp3) is 0.818. The Labute approximate surface area is 181 Å². The number of thiazole rings is 1. The van der Waals surface area contributed by atoms with Gasteiger partial charge in [-0.1, -0.05) is 0 Å². The average Bonchev–Trinajstić information content (AvgIpc) is 3.11. The number of unbranched alkanes of at least 4 members (excludes halogenated alkanes) is 3. The van der Waals surface area contributed by atoms with E-state index < -0.39 is 24.0 Å². The molecule has 0 aliphatic heterocycles. The van der Waals surface area contributed by atoms with Crippen LogP contribution in [0.4, 0.5) is 9.93 Å². The number of carbonyl (C=O) groups excluding carboxylic acids is 1. The number of hydrogen-bond acceptors (Lipinski definition) is 4. The van der Waals surface area contributed by atoms with Crippen LogP contribution in [0.25, 0.3) is 0 Å². The second-order valence-corrected chi connectivity index (χ2v) is 24.0. The second kappa shape index (κ2) is 12.4. The number of anilines is 1. The van der Waals surface area contributed by atoms with Crippen LogP contribution in [-0.2, 0) is 4.74 Å². The third-order valence-corrected chi connectivity index (χ3v) is 24.4. The third-order valence-electron chi connectivity index (χ3n) is 5.20. The fourth-order valence-corrected chi connectivity index (χ4v) is 23.2. The molecule has 0 saturated heterocycles. The summed E-state index contributed by atoms with van der Waals surface area (Å²) in [7, 11) is 0. The molecule has 0 aliphatic carbocycles. The second-order valence-electron chi connectivity index (χ2n) is 8.82. The number of rotatable bonds is 12. The van der Waals surface area contributed by atoms with Crippen LogP contribution in [0.2, 0.25) is 13.3 Å². The molecule has 1 aromatic rings. The quantitative estimate of drug-likeness (QED) is 0.282. The predicted octanol–water partition coefficient (Wildman–Crippen LogP) is 6.96. The molecule has 0 unspecified atom stereocenters. The van der Waals surface area contributed by atoms with Crippen LogP contribution < -0.4 is 7.79 Å². The first-order valence-corrected chi connectivity index (χ1v) is 19.5. The summed E-state index contributed by atoms with van der Waals surface area (Å²) < 4.78 is 11.4. The first-order chi connectivity index (χ1) is 13.2. The molecule has 28 heavy (non-hydrogen) atoms. The molecular formula is C22H42N2O2SSn. The van der Waals surface area contributed by atoms with E-state index in [0.29, 0.717) is 6.54 Å². The summed E-state index contributed by atoms with van der Waals surface area (Å²) in [5, 5.41) is 0.817. The van der Waals surface area contributed by atoms with Crippen LogP contribution >= 0.6 is 11.3 Å². The third kappa shape index (κ3) is 7.85. The van der Waals surface area contributed by atoms with Crippen molar-refractivity contribution in [1.29, 1.82) is 0 Å². The molecule has 0 fully saturated rings. The molecule has 0 saturated carbocycles. The zero-order chi connectivity index (χ0) is 21.2. The Balaban J connectivity index is 3.18. The van der Waals surface area contributed by atoms with Gasteiger partial charge in [0.15, 0.2) is 0 Å². The Morgan fingerprint density at radius 1 is 1.04 bits per heavy atom. The van der Waals surface area contributed by atoms with Gasteiger partial charge in [0.25, 0.3) is 0 Å². The van der Waals surface area contributed by atoms with Crippen molar-refractivity contribution in [3.05, 3.63) is 6.20 Å². The molecule has 1 aromatic heterocycles. The molecule has 1 heterocycles. The molecular weight excluding hydrogens is 475 g/mol. The van der Waals surface area contributed by atoms with E-state index >= 15 is 0 Å². The summed E-state index contributed by atoms with van der Waals surface area (Å²) in [6.07, 6.45) is 9.64. The molecule has 1 amide bonds. The van der Waals surface area contributed by atoms with Crippen LogP contribution in [0.1, 0.15) is 87.0 Å². The Kier molecular flexibility index (Phi) is 11.4. The Morgan fingerprint density at radius 3 is 1.93 bits per heavy atom. The molecule has 0 spiro atoms. The standard InChI is InChI=1S/C10H15N2O2S.3C4H9.Sn/c1-5-12(8-11-6-7-15-8)9(13)14-10(2,3)4;3*1-3-4-2;/h6H,5H2,1-4H3;3*1,3-4H2,2H3;. The van der Waals surface area contributed by atoms with Crippen LogP contribution in [-0.4, -0.2) is 41.6 Å². The molecule has 4 nitrogen and oxygen atoms in total. The Morgan fingerprint density at radius 2 is 1.54 bits per heavy atom. The summed E-state index contributed by atoms with van der Waals surface area (Å²) >= 11 is -0.701. The van der Waals surface area contributed by atoms with Gasteiger partial charge in [0.2, 0.25) is 0 Å². The summed E-state index contributed by atoms with van der Waals surface area (Å²) in [6, 6.07) is 0. The maximum absolute atomic E-state index is 12.7. The van der Waals surface area contributed by atoms with Crippen LogP contribution in [0.15, 0.2) is 6.20 Å². The molecule has 1 rings (SSSR count). The zero-order valence-electron chi connectivity index (χ0n) is 19.3. The molecule has 162 valence electrons. The van der Waals surface area contributed by atoms with E-state index in [1.807, 2.05) is 27.7 Å². The van der Waals surface area contributed by atoms with Gasteiger partial charge in [-0.2, -0.15) is 0 Å². The van der Waals surface area contributed by atoms with Crippen LogP contribution in [0.3, 0.4) is 0 Å². The number of hydrogen-bond donors (Lipinski definition) is 0. The van der Waals surface area contributed by atoms with E-state index in [1.165, 1.54) is 51.8 Å². The number of nitrogens with zero attached hydrogens (tertiary/aromatic N) is 2. The van der Waals surface area contributed by atoms with Gasteiger partial charge in [-0.25, -0.2) is 0 Å². The Bertz CT molecular complexity index is 562. The number of amides is 1. The van der Waals surface area contributed by atoms with Gasteiger partial charge >= 0.3 is 182 Å². The fourth-order valence-electron chi connectivity index (χ4n) is 3.58. The van der Waals surface area contributed by atoms with Crippen molar-refractivity contribution in [2.75, 3.05) is 11.4 Å². The van der Waals surface area contributed by atoms with E-state index in [4.69, 9.17) is 9.72 Å². The van der Waals surface area contributed by atoms with Crippen LogP contribution in [0.5, 0.6) is 0 Å². The van der Waals surface area contributed by atoms with Crippen molar-refractivity contribution >= 4 is 43.8 Å². The van der Waals surface area contributed by atoms with E-state index in [0.717, 1.165) is 5.13 Å². The van der Waals surface area contributed by atoms with Gasteiger partial charge < -0.3 is 0 Å². The number of carbonyl (C=O) groups is 1. The number of ether oxygens (including phenoxy) is 1. The van der Waals surface area contributed by atoms with Gasteiger partial charge in [-0.3, -0.25) is 0 Å². The molecule has 0 N–H and O–H groups in total. The SMILES string of the molecule is CCC[CH2][Sn]([CH2]CCC)([CH2]CCC)[c]1cnc(N(CC)C(=O)OC(C)(C)C)s1. The van der Waals surface area contributed by atoms with Gasteiger partial charge in [-0.05, 0) is 0 Å². The minimum atomic E-state index is -2.49. The molecule has 0 bridgehead atoms. The van der Waals surface area contributed by atoms with Crippen molar-refractivity contribution in [2.24, 2.45) is 0 Å². The molecule has 0 aliphatic rings. The van der Waals surface area contributed by atoms with Crippen LogP contribution in [0, 0.1) is 0 Å². The monoisotopic (exact) mass is 518 g/mol. The van der Waals surface area contributed by atoms with Crippen molar-refractivity contribution in [3.63, 3.8) is 0 Å². The van der Waals surface area contributed by atoms with Gasteiger partial charge in [0, 0.05) is 0 Å². The van der Waals surface area contributed by atoms with E-state index in [1.54, 1.807) is 19.1 Å². The summed E-state index contributed by atoms with van der Waals surface area (Å²) in [5.74, 6) is 0. The first kappa shape index (κ1) is 25.7. The van der Waals surface area contributed by atoms with Crippen molar-refractivity contribution in [2.45, 2.75) is 106 Å². The number of aromatic nitrogens is 1. The summed E-state index contributed by atoms with van der Waals surface area (Å²) in [4.78, 5) is 19.1. The van der Waals surface area contributed by atoms with Crippen molar-refractivity contribution < 1.29 is 9.53 Å². The minimum absolute atomic E-state index is 0.285. The maximum atomic E-state index is 12.7. The average molecular weight is 517 g/mol. The molecule has 0 atom stereocenters. The molecule has 0 aromatic carbocycles.